The smallest absolute Gasteiger partial charge is 0.227 e. The normalized spacial score (nSPS) is 19.1. The molecule has 1 fully saturated rings. The monoisotopic (exact) mass is 277 g/mol. The molecule has 1 N–H and O–H groups in total. The first-order valence-corrected chi connectivity index (χ1v) is 6.21. The molecule has 1 heterocycles. The molecule has 106 valence electrons. The summed E-state index contributed by atoms with van der Waals surface area (Å²) in [6, 6.07) is 0. The van der Waals surface area contributed by atoms with Crippen molar-refractivity contribution in [3.05, 3.63) is 0 Å². The third-order valence-corrected chi connectivity index (χ3v) is 3.29. The Kier molecular flexibility index (Phi) is 7.95. The molecule has 1 saturated heterocycles. The van der Waals surface area contributed by atoms with E-state index in [0.717, 1.165) is 25.9 Å². The topological polar surface area (TPSA) is 52.7 Å². The summed E-state index contributed by atoms with van der Waals surface area (Å²) < 4.78 is 0. The maximum Gasteiger partial charge on any atom is 0.227 e. The predicted molar refractivity (Wildman–Crippen MR) is 73.8 cm³/mol. The van der Waals surface area contributed by atoms with Gasteiger partial charge in [-0.1, -0.05) is 0 Å². The van der Waals surface area contributed by atoms with E-state index >= 15 is 0 Å². The van der Waals surface area contributed by atoms with Gasteiger partial charge in [0.15, 0.2) is 0 Å². The number of carbonyl (C=O) groups is 2. The molecule has 6 heteroatoms. The number of amides is 2. The van der Waals surface area contributed by atoms with Crippen molar-refractivity contribution in [3.8, 4) is 0 Å². The molecule has 0 aromatic rings. The van der Waals surface area contributed by atoms with Crippen LogP contribution in [0.15, 0.2) is 0 Å². The fourth-order valence-electron chi connectivity index (χ4n) is 2.17. The van der Waals surface area contributed by atoms with Crippen molar-refractivity contribution in [1.82, 2.24) is 15.1 Å². The highest BCUT2D eigenvalue weighted by Crippen LogP contribution is 2.18. The molecule has 18 heavy (non-hydrogen) atoms. The minimum Gasteiger partial charge on any atom is -0.344 e. The minimum atomic E-state index is -0.0190. The van der Waals surface area contributed by atoms with Crippen LogP contribution in [-0.4, -0.2) is 61.9 Å². The van der Waals surface area contributed by atoms with Gasteiger partial charge in [-0.3, -0.25) is 9.59 Å². The lowest BCUT2D eigenvalue weighted by atomic mass is 9.96. The van der Waals surface area contributed by atoms with Crippen LogP contribution in [0, 0.1) is 5.92 Å². The highest BCUT2D eigenvalue weighted by molar-refractivity contribution is 5.85. The minimum absolute atomic E-state index is 0. The maximum atomic E-state index is 12.1. The predicted octanol–water partition coefficient (Wildman–Crippen LogP) is 0.345. The van der Waals surface area contributed by atoms with E-state index in [-0.39, 0.29) is 30.1 Å². The van der Waals surface area contributed by atoms with Gasteiger partial charge in [0.05, 0.1) is 5.92 Å². The van der Waals surface area contributed by atoms with Crippen LogP contribution in [0.3, 0.4) is 0 Å². The molecule has 0 aromatic heterocycles. The number of hydrogen-bond acceptors (Lipinski definition) is 3. The number of likely N-dealkylation sites (tertiary alicyclic amines) is 1. The van der Waals surface area contributed by atoms with Gasteiger partial charge in [0.1, 0.15) is 0 Å². The quantitative estimate of drug-likeness (QED) is 0.807. The fourth-order valence-corrected chi connectivity index (χ4v) is 2.17. The summed E-state index contributed by atoms with van der Waals surface area (Å²) in [5.41, 5.74) is 0. The van der Waals surface area contributed by atoms with Crippen molar-refractivity contribution >= 4 is 24.2 Å². The zero-order chi connectivity index (χ0) is 12.8. The number of nitrogens with zero attached hydrogens (tertiary/aromatic N) is 2. The van der Waals surface area contributed by atoms with E-state index in [9.17, 15) is 9.59 Å². The Labute approximate surface area is 115 Å². The van der Waals surface area contributed by atoms with Crippen LogP contribution < -0.4 is 5.32 Å². The SMILES string of the molecule is CNCCN(C)C(=O)C1CCCN(C(C)=O)C1.Cl. The van der Waals surface area contributed by atoms with Crippen LogP contribution in [0.2, 0.25) is 0 Å². The van der Waals surface area contributed by atoms with Gasteiger partial charge < -0.3 is 15.1 Å². The third kappa shape index (κ3) is 4.82. The Bertz CT molecular complexity index is 286. The van der Waals surface area contributed by atoms with Gasteiger partial charge in [0.25, 0.3) is 0 Å². The molecule has 0 aromatic carbocycles. The summed E-state index contributed by atoms with van der Waals surface area (Å²) in [6.45, 7) is 4.45. The number of carbonyl (C=O) groups excluding carboxylic acids is 2. The van der Waals surface area contributed by atoms with E-state index < -0.39 is 0 Å². The van der Waals surface area contributed by atoms with E-state index in [4.69, 9.17) is 0 Å². The lowest BCUT2D eigenvalue weighted by Crippen LogP contribution is -2.46. The molecule has 0 radical (unpaired) electrons. The van der Waals surface area contributed by atoms with Crippen molar-refractivity contribution in [2.45, 2.75) is 19.8 Å². The number of nitrogens with one attached hydrogen (secondary N) is 1. The second-order valence-electron chi connectivity index (χ2n) is 4.67. The largest absolute Gasteiger partial charge is 0.344 e. The Morgan fingerprint density at radius 3 is 2.67 bits per heavy atom. The summed E-state index contributed by atoms with van der Waals surface area (Å²) >= 11 is 0. The first-order chi connectivity index (χ1) is 8.06. The number of rotatable bonds is 4. The molecular weight excluding hydrogens is 254 g/mol. The number of likely N-dealkylation sites (N-methyl/N-ethyl adjacent to an activating group) is 2. The van der Waals surface area contributed by atoms with Crippen LogP contribution in [0.5, 0.6) is 0 Å². The molecule has 0 aliphatic carbocycles. The van der Waals surface area contributed by atoms with Gasteiger partial charge in [-0.05, 0) is 19.9 Å². The fraction of sp³-hybridized carbons (Fsp3) is 0.833. The molecule has 0 saturated carbocycles. The van der Waals surface area contributed by atoms with Gasteiger partial charge in [-0.15, -0.1) is 12.4 Å². The second-order valence-corrected chi connectivity index (χ2v) is 4.67. The summed E-state index contributed by atoms with van der Waals surface area (Å²) in [6.07, 6.45) is 1.82. The molecule has 1 aliphatic rings. The molecule has 1 atom stereocenters. The van der Waals surface area contributed by atoms with Crippen LogP contribution >= 0.6 is 12.4 Å². The molecule has 5 nitrogen and oxygen atoms in total. The lowest BCUT2D eigenvalue weighted by Gasteiger charge is -2.33. The van der Waals surface area contributed by atoms with Crippen molar-refractivity contribution in [3.63, 3.8) is 0 Å². The molecular formula is C12H24ClN3O2. The standard InChI is InChI=1S/C12H23N3O2.ClH/c1-10(16)15-7-4-5-11(9-15)12(17)14(3)8-6-13-2;/h11,13H,4-9H2,1-3H3;1H. The Balaban J connectivity index is 0.00000289. The first kappa shape index (κ1) is 17.2. The van der Waals surface area contributed by atoms with Gasteiger partial charge >= 0.3 is 0 Å². The zero-order valence-electron chi connectivity index (χ0n) is 11.4. The first-order valence-electron chi connectivity index (χ1n) is 6.21. The summed E-state index contributed by atoms with van der Waals surface area (Å²) in [5.74, 6) is 0.209. The number of piperidine rings is 1. The van der Waals surface area contributed by atoms with Crippen LogP contribution in [0.4, 0.5) is 0 Å². The zero-order valence-corrected chi connectivity index (χ0v) is 12.3. The van der Waals surface area contributed by atoms with Gasteiger partial charge in [-0.25, -0.2) is 0 Å². The summed E-state index contributed by atoms with van der Waals surface area (Å²) in [7, 11) is 3.70. The van der Waals surface area contributed by atoms with Gasteiger partial charge in [0, 0.05) is 40.2 Å². The molecule has 0 bridgehead atoms. The summed E-state index contributed by atoms with van der Waals surface area (Å²) in [5, 5.41) is 3.02. The Hall–Kier alpha value is -0.810. The van der Waals surface area contributed by atoms with E-state index in [1.165, 1.54) is 0 Å². The Morgan fingerprint density at radius 1 is 1.44 bits per heavy atom. The van der Waals surface area contributed by atoms with Crippen molar-refractivity contribution in [2.75, 3.05) is 40.3 Å². The summed E-state index contributed by atoms with van der Waals surface area (Å²) in [4.78, 5) is 27.0. The van der Waals surface area contributed by atoms with Crippen LogP contribution in [-0.2, 0) is 9.59 Å². The third-order valence-electron chi connectivity index (χ3n) is 3.29. The second kappa shape index (κ2) is 8.32. The highest BCUT2D eigenvalue weighted by Gasteiger charge is 2.28. The molecule has 2 amide bonds. The number of hydrogen-bond donors (Lipinski definition) is 1. The van der Waals surface area contributed by atoms with Crippen LogP contribution in [0.25, 0.3) is 0 Å². The molecule has 1 rings (SSSR count). The number of halogens is 1. The average molecular weight is 278 g/mol. The average Bonchev–Trinajstić information content (AvgIpc) is 2.35. The maximum absolute atomic E-state index is 12.1. The molecule has 0 spiro atoms. The van der Waals surface area contributed by atoms with E-state index in [0.29, 0.717) is 13.1 Å². The van der Waals surface area contributed by atoms with E-state index in [1.54, 1.807) is 16.7 Å². The highest BCUT2D eigenvalue weighted by atomic mass is 35.5. The van der Waals surface area contributed by atoms with E-state index in [1.807, 2.05) is 14.1 Å². The van der Waals surface area contributed by atoms with Gasteiger partial charge in [-0.2, -0.15) is 0 Å². The van der Waals surface area contributed by atoms with Crippen LogP contribution in [0.1, 0.15) is 19.8 Å². The molecule has 1 unspecified atom stereocenters. The molecule has 1 aliphatic heterocycles. The van der Waals surface area contributed by atoms with Crippen molar-refractivity contribution in [1.29, 1.82) is 0 Å². The Morgan fingerprint density at radius 2 is 2.11 bits per heavy atom. The van der Waals surface area contributed by atoms with Gasteiger partial charge in [0.2, 0.25) is 11.8 Å². The van der Waals surface area contributed by atoms with E-state index in [2.05, 4.69) is 5.32 Å². The van der Waals surface area contributed by atoms with Crippen molar-refractivity contribution in [2.24, 2.45) is 5.92 Å². The van der Waals surface area contributed by atoms with Crippen molar-refractivity contribution < 1.29 is 9.59 Å². The lowest BCUT2D eigenvalue weighted by molar-refractivity contribution is -0.139.